The van der Waals surface area contributed by atoms with E-state index in [1.54, 1.807) is 24.1 Å². The first-order valence-electron chi connectivity index (χ1n) is 12.0. The summed E-state index contributed by atoms with van der Waals surface area (Å²) >= 11 is 1.08. The topological polar surface area (TPSA) is 152 Å². The van der Waals surface area contributed by atoms with Crippen molar-refractivity contribution in [1.82, 2.24) is 10.2 Å². The second-order valence-electron chi connectivity index (χ2n) is 9.63. The van der Waals surface area contributed by atoms with Gasteiger partial charge >= 0.3 is 5.88 Å². The average Bonchev–Trinajstić information content (AvgIpc) is 3.33. The number of carbonyl (C=O) groups excluding carboxylic acids is 3. The molecule has 1 atom stereocenters. The van der Waals surface area contributed by atoms with E-state index in [0.29, 0.717) is 48.8 Å². The van der Waals surface area contributed by atoms with E-state index >= 15 is 0 Å². The number of piperazine rings is 1. The van der Waals surface area contributed by atoms with Crippen LogP contribution in [-0.2, 0) is 14.4 Å². The molecule has 14 heteroatoms. The number of rotatable bonds is 7. The number of nitrogens with one attached hydrogen (secondary N) is 1. The molecule has 4 rings (SSSR count). The lowest BCUT2D eigenvalue weighted by molar-refractivity contribution is -0.759. The van der Waals surface area contributed by atoms with Gasteiger partial charge in [0.15, 0.2) is 5.12 Å². The molecule has 2 aliphatic heterocycles. The van der Waals surface area contributed by atoms with E-state index in [2.05, 4.69) is 10.6 Å². The zero-order valence-corrected chi connectivity index (χ0v) is 22.3. The average molecular weight is 546 g/mol. The van der Waals surface area contributed by atoms with Gasteiger partial charge in [-0.1, -0.05) is 18.7 Å². The van der Waals surface area contributed by atoms with Crippen molar-refractivity contribution in [2.45, 2.75) is 33.3 Å². The SMILES string of the molecule is CC(=O)SC[C@@H](C)C(=O)Nc1c[n+](N2CCN(C(=O)C3=CC(C)(C)Oc4ccc([N+](=O)[O-])cc43)CC2)no1. The molecule has 2 amide bonds. The van der Waals surface area contributed by atoms with Gasteiger partial charge in [0, 0.05) is 49.4 Å². The second kappa shape index (κ2) is 10.8. The maximum absolute atomic E-state index is 13.5. The number of hydrogen-bond donors (Lipinski definition) is 1. The summed E-state index contributed by atoms with van der Waals surface area (Å²) in [6.07, 6.45) is 3.24. The Labute approximate surface area is 222 Å². The third-order valence-corrected chi connectivity index (χ3v) is 7.15. The summed E-state index contributed by atoms with van der Waals surface area (Å²) in [6.45, 7) is 8.46. The summed E-state index contributed by atoms with van der Waals surface area (Å²) in [5, 5.41) is 19.7. The fourth-order valence-electron chi connectivity index (χ4n) is 4.11. The highest BCUT2D eigenvalue weighted by molar-refractivity contribution is 8.13. The van der Waals surface area contributed by atoms with Crippen LogP contribution in [0, 0.1) is 16.0 Å². The summed E-state index contributed by atoms with van der Waals surface area (Å²) in [5.74, 6) is 0.0352. The quantitative estimate of drug-likeness (QED) is 0.309. The Morgan fingerprint density at radius 3 is 2.63 bits per heavy atom. The van der Waals surface area contributed by atoms with Gasteiger partial charge in [-0.05, 0) is 26.0 Å². The highest BCUT2D eigenvalue weighted by atomic mass is 32.2. The minimum atomic E-state index is -0.754. The zero-order valence-electron chi connectivity index (χ0n) is 21.5. The number of thioether (sulfide) groups is 1. The number of nitro groups is 1. The molecule has 0 aliphatic carbocycles. The van der Waals surface area contributed by atoms with Crippen LogP contribution in [0.1, 0.15) is 33.3 Å². The molecule has 1 saturated heterocycles. The Morgan fingerprint density at radius 2 is 1.97 bits per heavy atom. The van der Waals surface area contributed by atoms with Crippen LogP contribution in [0.15, 0.2) is 35.0 Å². The molecule has 13 nitrogen and oxygen atoms in total. The third kappa shape index (κ3) is 6.13. The van der Waals surface area contributed by atoms with Crippen molar-refractivity contribution >= 4 is 45.8 Å². The first-order valence-corrected chi connectivity index (χ1v) is 13.0. The smallest absolute Gasteiger partial charge is 0.305 e. The molecule has 1 N–H and O–H groups in total. The Hall–Kier alpha value is -3.94. The number of non-ortho nitro benzene ring substituents is 1. The molecule has 38 heavy (non-hydrogen) atoms. The van der Waals surface area contributed by atoms with E-state index in [0.717, 1.165) is 11.8 Å². The minimum Gasteiger partial charge on any atom is -0.483 e. The van der Waals surface area contributed by atoms with Crippen molar-refractivity contribution in [2.24, 2.45) is 5.92 Å². The first kappa shape index (κ1) is 27.1. The lowest BCUT2D eigenvalue weighted by Crippen LogP contribution is -2.66. The molecule has 0 radical (unpaired) electrons. The molecule has 0 bridgehead atoms. The monoisotopic (exact) mass is 545 g/mol. The number of anilines is 1. The number of carbonyl (C=O) groups is 3. The summed E-state index contributed by atoms with van der Waals surface area (Å²) in [7, 11) is 0. The van der Waals surface area contributed by atoms with Crippen LogP contribution < -0.4 is 19.9 Å². The van der Waals surface area contributed by atoms with Crippen molar-refractivity contribution in [2.75, 3.05) is 42.3 Å². The van der Waals surface area contributed by atoms with E-state index in [1.807, 2.05) is 18.9 Å². The standard InChI is InChI=1S/C24H28N6O7S/c1-15(14-38-16(2)31)22(32)25-21-13-29(26-37-21)28-9-7-27(8-10-28)23(33)19-12-24(3,4)36-20-6-5-17(30(34)35)11-18(19)20/h5-6,11-13,15H,7-10,14H2,1-4H3/p+1/t15-/m1/s1. The van der Waals surface area contributed by atoms with Gasteiger partial charge in [-0.2, -0.15) is 0 Å². The normalized spacial score (nSPS) is 17.1. The maximum Gasteiger partial charge on any atom is 0.305 e. The molecule has 2 aliphatic rings. The molecule has 202 valence electrons. The van der Waals surface area contributed by atoms with Crippen LogP contribution in [0.5, 0.6) is 5.75 Å². The Balaban J connectivity index is 1.40. The van der Waals surface area contributed by atoms with Crippen LogP contribution >= 0.6 is 11.8 Å². The number of ether oxygens (including phenoxy) is 1. The summed E-state index contributed by atoms with van der Waals surface area (Å²) < 4.78 is 11.2. The number of nitrogens with zero attached hydrogens (tertiary/aromatic N) is 5. The lowest BCUT2D eigenvalue weighted by Gasteiger charge is -2.34. The number of fused-ring (bicyclic) bond motifs is 1. The molecular formula is C24H29N6O7S+. The molecule has 1 aromatic heterocycles. The van der Waals surface area contributed by atoms with Gasteiger partial charge in [-0.25, -0.2) is 0 Å². The summed E-state index contributed by atoms with van der Waals surface area (Å²) in [6, 6.07) is 4.25. The van der Waals surface area contributed by atoms with E-state index in [4.69, 9.17) is 9.26 Å². The molecule has 0 spiro atoms. The van der Waals surface area contributed by atoms with Crippen molar-refractivity contribution in [3.05, 3.63) is 46.1 Å². The predicted octanol–water partition coefficient (Wildman–Crippen LogP) is 1.76. The van der Waals surface area contributed by atoms with Gasteiger partial charge in [0.1, 0.15) is 11.4 Å². The number of nitro benzene ring substituents is 1. The number of benzene rings is 1. The van der Waals surface area contributed by atoms with Gasteiger partial charge in [0.2, 0.25) is 11.2 Å². The van der Waals surface area contributed by atoms with Crippen LogP contribution in [0.25, 0.3) is 5.57 Å². The molecular weight excluding hydrogens is 516 g/mol. The predicted molar refractivity (Wildman–Crippen MR) is 138 cm³/mol. The Kier molecular flexibility index (Phi) is 7.71. The van der Waals surface area contributed by atoms with Crippen molar-refractivity contribution in [3.8, 4) is 5.75 Å². The minimum absolute atomic E-state index is 0.0536. The highest BCUT2D eigenvalue weighted by Gasteiger charge is 2.35. The largest absolute Gasteiger partial charge is 0.483 e. The van der Waals surface area contributed by atoms with Crippen molar-refractivity contribution in [3.63, 3.8) is 0 Å². The highest BCUT2D eigenvalue weighted by Crippen LogP contribution is 2.39. The summed E-state index contributed by atoms with van der Waals surface area (Å²) in [4.78, 5) is 50.9. The summed E-state index contributed by atoms with van der Waals surface area (Å²) in [5.41, 5.74) is -0.110. The van der Waals surface area contributed by atoms with Crippen molar-refractivity contribution < 1.29 is 33.4 Å². The number of amides is 2. The van der Waals surface area contributed by atoms with E-state index in [9.17, 15) is 24.5 Å². The molecule has 2 aromatic rings. The first-order chi connectivity index (χ1) is 17.9. The third-order valence-electron chi connectivity index (χ3n) is 6.08. The van der Waals surface area contributed by atoms with Gasteiger partial charge in [-0.15, -0.1) is 5.01 Å². The molecule has 1 fully saturated rings. The van der Waals surface area contributed by atoms with Gasteiger partial charge in [0.25, 0.3) is 17.8 Å². The van der Waals surface area contributed by atoms with E-state index in [1.165, 1.54) is 29.9 Å². The van der Waals surface area contributed by atoms with E-state index in [-0.39, 0.29) is 28.5 Å². The Morgan fingerprint density at radius 1 is 1.26 bits per heavy atom. The fourth-order valence-corrected chi connectivity index (χ4v) is 4.75. The van der Waals surface area contributed by atoms with Crippen LogP contribution in [0.3, 0.4) is 0 Å². The van der Waals surface area contributed by atoms with Gasteiger partial charge < -0.3 is 9.64 Å². The molecule has 3 heterocycles. The van der Waals surface area contributed by atoms with Gasteiger partial charge in [0.05, 0.1) is 28.4 Å². The lowest BCUT2D eigenvalue weighted by atomic mass is 9.93. The Bertz CT molecular complexity index is 1300. The molecule has 0 unspecified atom stereocenters. The molecule has 0 saturated carbocycles. The fraction of sp³-hybridized carbons (Fsp3) is 0.458. The van der Waals surface area contributed by atoms with Crippen LogP contribution in [0.2, 0.25) is 0 Å². The van der Waals surface area contributed by atoms with Crippen LogP contribution in [-0.4, -0.2) is 69.6 Å². The maximum atomic E-state index is 13.5. The number of aromatic nitrogens is 2. The van der Waals surface area contributed by atoms with Crippen molar-refractivity contribution in [1.29, 1.82) is 0 Å². The molecule has 1 aromatic carbocycles. The van der Waals surface area contributed by atoms with E-state index < -0.39 is 16.4 Å². The zero-order chi connectivity index (χ0) is 27.6. The second-order valence-corrected chi connectivity index (χ2v) is 10.8. The van der Waals surface area contributed by atoms with Gasteiger partial charge in [-0.3, -0.25) is 34.3 Å². The number of hydrogen-bond acceptors (Lipinski definition) is 10. The van der Waals surface area contributed by atoms with Crippen LogP contribution in [0.4, 0.5) is 11.6 Å².